The average molecular weight is 462 g/mol. The smallest absolute Gasteiger partial charge is 0.276 e. The monoisotopic (exact) mass is 462 g/mol. The third-order valence-electron chi connectivity index (χ3n) is 4.67. The molecule has 1 amide bonds. The molecule has 0 unspecified atom stereocenters. The number of anilines is 1. The fourth-order valence-corrected chi connectivity index (χ4v) is 2.98. The molecular formula is C24H19FN4O5. The second-order valence-corrected chi connectivity index (χ2v) is 7.31. The highest BCUT2D eigenvalue weighted by atomic mass is 19.1. The number of rotatable bonds is 8. The van der Waals surface area contributed by atoms with Crippen molar-refractivity contribution >= 4 is 17.3 Å². The molecule has 0 atom stereocenters. The van der Waals surface area contributed by atoms with Gasteiger partial charge in [0.1, 0.15) is 23.1 Å². The van der Waals surface area contributed by atoms with Crippen LogP contribution in [-0.4, -0.2) is 20.6 Å². The summed E-state index contributed by atoms with van der Waals surface area (Å²) < 4.78 is 25.6. The molecule has 0 spiro atoms. The number of carbonyl (C=O) groups is 1. The molecule has 4 rings (SSSR count). The van der Waals surface area contributed by atoms with E-state index < -0.39 is 10.8 Å². The van der Waals surface area contributed by atoms with Crippen molar-refractivity contribution in [2.75, 3.05) is 5.32 Å². The first-order chi connectivity index (χ1) is 16.4. The maximum absolute atomic E-state index is 13.0. The van der Waals surface area contributed by atoms with E-state index in [1.807, 2.05) is 19.1 Å². The molecule has 0 fully saturated rings. The number of aromatic nitrogens is 2. The van der Waals surface area contributed by atoms with Gasteiger partial charge in [-0.1, -0.05) is 17.7 Å². The quantitative estimate of drug-likeness (QED) is 0.280. The number of ether oxygens (including phenoxy) is 2. The Morgan fingerprint density at radius 2 is 1.74 bits per heavy atom. The SMILES string of the molecule is Cc1ccc(Oc2cc(NC(=O)c3ccn(COc4ccc(F)cc4)n3)cc([N+](=O)[O-])c2)cc1. The molecule has 34 heavy (non-hydrogen) atoms. The predicted octanol–water partition coefficient (Wildman–Crippen LogP) is 5.32. The van der Waals surface area contributed by atoms with Gasteiger partial charge in [-0.05, 0) is 49.4 Å². The van der Waals surface area contributed by atoms with E-state index in [9.17, 15) is 19.3 Å². The van der Waals surface area contributed by atoms with Crippen molar-refractivity contribution in [2.24, 2.45) is 0 Å². The molecule has 10 heteroatoms. The summed E-state index contributed by atoms with van der Waals surface area (Å²) in [7, 11) is 0. The normalized spacial score (nSPS) is 10.5. The number of carbonyl (C=O) groups excluding carboxylic acids is 1. The Morgan fingerprint density at radius 3 is 2.44 bits per heavy atom. The second-order valence-electron chi connectivity index (χ2n) is 7.31. The van der Waals surface area contributed by atoms with Gasteiger partial charge in [0, 0.05) is 18.3 Å². The maximum Gasteiger partial charge on any atom is 0.276 e. The Labute approximate surface area is 193 Å². The number of nitro groups is 1. The Balaban J connectivity index is 1.45. The van der Waals surface area contributed by atoms with Gasteiger partial charge in [-0.25, -0.2) is 9.07 Å². The van der Waals surface area contributed by atoms with E-state index >= 15 is 0 Å². The number of nitro benzene ring substituents is 1. The first-order valence-electron chi connectivity index (χ1n) is 10.1. The van der Waals surface area contributed by atoms with Gasteiger partial charge in [0.15, 0.2) is 12.4 Å². The van der Waals surface area contributed by atoms with Crippen molar-refractivity contribution in [3.63, 3.8) is 0 Å². The summed E-state index contributed by atoms with van der Waals surface area (Å²) in [5.74, 6) is 0.205. The zero-order valence-corrected chi connectivity index (χ0v) is 18.0. The lowest BCUT2D eigenvalue weighted by molar-refractivity contribution is -0.384. The van der Waals surface area contributed by atoms with Crippen LogP contribution < -0.4 is 14.8 Å². The minimum absolute atomic E-state index is 0.00423. The highest BCUT2D eigenvalue weighted by molar-refractivity contribution is 6.03. The molecule has 1 aromatic heterocycles. The summed E-state index contributed by atoms with van der Waals surface area (Å²) >= 11 is 0. The van der Waals surface area contributed by atoms with Crippen LogP contribution in [0.3, 0.4) is 0 Å². The lowest BCUT2D eigenvalue weighted by atomic mass is 10.2. The zero-order chi connectivity index (χ0) is 24.1. The molecule has 172 valence electrons. The summed E-state index contributed by atoms with van der Waals surface area (Å²) in [5.41, 5.74) is 1.06. The van der Waals surface area contributed by atoms with Crippen LogP contribution in [0.25, 0.3) is 0 Å². The van der Waals surface area contributed by atoms with E-state index in [1.54, 1.807) is 12.1 Å². The van der Waals surface area contributed by atoms with E-state index in [0.29, 0.717) is 11.5 Å². The van der Waals surface area contributed by atoms with Crippen molar-refractivity contribution < 1.29 is 23.6 Å². The topological polar surface area (TPSA) is 109 Å². The van der Waals surface area contributed by atoms with Crippen LogP contribution in [0.1, 0.15) is 16.1 Å². The van der Waals surface area contributed by atoms with Crippen LogP contribution in [0, 0.1) is 22.9 Å². The van der Waals surface area contributed by atoms with E-state index in [-0.39, 0.29) is 35.4 Å². The molecule has 0 aliphatic heterocycles. The number of hydrogen-bond acceptors (Lipinski definition) is 6. The summed E-state index contributed by atoms with van der Waals surface area (Å²) in [6.45, 7) is 1.94. The van der Waals surface area contributed by atoms with Crippen LogP contribution in [0.2, 0.25) is 0 Å². The van der Waals surface area contributed by atoms with Crippen molar-refractivity contribution in [3.05, 3.63) is 106 Å². The third-order valence-corrected chi connectivity index (χ3v) is 4.67. The largest absolute Gasteiger partial charge is 0.471 e. The van der Waals surface area contributed by atoms with Crippen molar-refractivity contribution in [2.45, 2.75) is 13.7 Å². The van der Waals surface area contributed by atoms with Crippen LogP contribution in [-0.2, 0) is 6.73 Å². The molecule has 3 aromatic carbocycles. The highest BCUT2D eigenvalue weighted by Crippen LogP contribution is 2.30. The number of aryl methyl sites for hydroxylation is 1. The van der Waals surface area contributed by atoms with Gasteiger partial charge in [-0.3, -0.25) is 14.9 Å². The molecule has 0 aliphatic carbocycles. The van der Waals surface area contributed by atoms with Gasteiger partial charge in [-0.15, -0.1) is 0 Å². The molecular weight excluding hydrogens is 443 g/mol. The lowest BCUT2D eigenvalue weighted by Gasteiger charge is -2.09. The zero-order valence-electron chi connectivity index (χ0n) is 18.0. The minimum atomic E-state index is -0.570. The van der Waals surface area contributed by atoms with E-state index in [0.717, 1.165) is 5.56 Å². The molecule has 0 aliphatic rings. The predicted molar refractivity (Wildman–Crippen MR) is 122 cm³/mol. The molecule has 0 radical (unpaired) electrons. The molecule has 0 saturated carbocycles. The average Bonchev–Trinajstić information content (AvgIpc) is 3.29. The summed E-state index contributed by atoms with van der Waals surface area (Å²) in [5, 5.41) is 18.1. The number of nitrogens with zero attached hydrogens (tertiary/aromatic N) is 3. The number of amides is 1. The van der Waals surface area contributed by atoms with Crippen molar-refractivity contribution in [1.82, 2.24) is 9.78 Å². The summed E-state index contributed by atoms with van der Waals surface area (Å²) in [6.07, 6.45) is 1.54. The van der Waals surface area contributed by atoms with Crippen LogP contribution in [0.4, 0.5) is 15.8 Å². The lowest BCUT2D eigenvalue weighted by Crippen LogP contribution is -2.14. The van der Waals surface area contributed by atoms with Crippen LogP contribution in [0.15, 0.2) is 79.0 Å². The van der Waals surface area contributed by atoms with Gasteiger partial charge in [0.25, 0.3) is 11.6 Å². The maximum atomic E-state index is 13.0. The van der Waals surface area contributed by atoms with Gasteiger partial charge >= 0.3 is 0 Å². The van der Waals surface area contributed by atoms with Gasteiger partial charge < -0.3 is 14.8 Å². The Morgan fingerprint density at radius 1 is 1.03 bits per heavy atom. The summed E-state index contributed by atoms with van der Waals surface area (Å²) in [4.78, 5) is 23.4. The number of halogens is 1. The fraction of sp³-hybridized carbons (Fsp3) is 0.0833. The standard InChI is InChI=1S/C24H19FN4O5/c1-16-2-6-21(7-3-16)34-22-13-18(12-19(14-22)29(31)32)26-24(30)23-10-11-28(27-23)15-33-20-8-4-17(25)5-9-20/h2-14H,15H2,1H3,(H,26,30). The Kier molecular flexibility index (Phi) is 6.49. The molecule has 9 nitrogen and oxygen atoms in total. The number of nitrogens with one attached hydrogen (secondary N) is 1. The first-order valence-corrected chi connectivity index (χ1v) is 10.1. The van der Waals surface area contributed by atoms with Gasteiger partial charge in [0.2, 0.25) is 0 Å². The highest BCUT2D eigenvalue weighted by Gasteiger charge is 2.15. The minimum Gasteiger partial charge on any atom is -0.471 e. The van der Waals surface area contributed by atoms with Crippen LogP contribution >= 0.6 is 0 Å². The van der Waals surface area contributed by atoms with E-state index in [1.165, 1.54) is 59.4 Å². The summed E-state index contributed by atoms with van der Waals surface area (Å²) in [6, 6.07) is 18.2. The number of hydrogen-bond donors (Lipinski definition) is 1. The molecule has 0 saturated heterocycles. The molecule has 0 bridgehead atoms. The second kappa shape index (κ2) is 9.82. The van der Waals surface area contributed by atoms with Crippen LogP contribution in [0.5, 0.6) is 17.2 Å². The van der Waals surface area contributed by atoms with Gasteiger partial charge in [-0.2, -0.15) is 5.10 Å². The van der Waals surface area contributed by atoms with Crippen molar-refractivity contribution in [1.29, 1.82) is 0 Å². The Hall–Kier alpha value is -4.73. The number of benzene rings is 3. The number of non-ortho nitro benzene ring substituents is 1. The van der Waals surface area contributed by atoms with E-state index in [2.05, 4.69) is 10.4 Å². The van der Waals surface area contributed by atoms with Crippen molar-refractivity contribution in [3.8, 4) is 17.2 Å². The molecule has 1 N–H and O–H groups in total. The van der Waals surface area contributed by atoms with E-state index in [4.69, 9.17) is 9.47 Å². The van der Waals surface area contributed by atoms with Gasteiger partial charge in [0.05, 0.1) is 16.7 Å². The fourth-order valence-electron chi connectivity index (χ4n) is 2.98. The molecule has 4 aromatic rings. The third kappa shape index (κ3) is 5.74. The first kappa shape index (κ1) is 22.5. The molecule has 1 heterocycles. The Bertz CT molecular complexity index is 1320.